The van der Waals surface area contributed by atoms with Crippen LogP contribution in [0.1, 0.15) is 20.8 Å². The molecule has 0 aromatic carbocycles. The topological polar surface area (TPSA) is 61.8 Å². The lowest BCUT2D eigenvalue weighted by Crippen LogP contribution is -2.50. The lowest BCUT2D eigenvalue weighted by atomic mass is 9.94. The fourth-order valence-electron chi connectivity index (χ4n) is 1.63. The van der Waals surface area contributed by atoms with Crippen LogP contribution in [0.2, 0.25) is 0 Å². The van der Waals surface area contributed by atoms with Crippen molar-refractivity contribution in [2.45, 2.75) is 26.8 Å². The molecule has 0 aromatic rings. The highest BCUT2D eigenvalue weighted by molar-refractivity contribution is 5.81. The maximum atomic E-state index is 12.0. The third-order valence-corrected chi connectivity index (χ3v) is 3.01. The normalized spacial score (nSPS) is 19.2. The smallest absolute Gasteiger partial charge is 0.239 e. The summed E-state index contributed by atoms with van der Waals surface area (Å²) in [6.45, 7) is 9.13. The van der Waals surface area contributed by atoms with Gasteiger partial charge in [-0.25, -0.2) is 0 Å². The summed E-state index contributed by atoms with van der Waals surface area (Å²) in [5.74, 6) is 0.113. The van der Waals surface area contributed by atoms with Crippen molar-refractivity contribution in [1.82, 2.24) is 10.2 Å². The van der Waals surface area contributed by atoms with E-state index >= 15 is 0 Å². The van der Waals surface area contributed by atoms with Gasteiger partial charge in [-0.2, -0.15) is 0 Å². The van der Waals surface area contributed by atoms with Crippen LogP contribution in [0.15, 0.2) is 0 Å². The van der Waals surface area contributed by atoms with Crippen LogP contribution in [0.4, 0.5) is 0 Å². The van der Waals surface area contributed by atoms with Crippen molar-refractivity contribution in [3.8, 4) is 0 Å². The standard InChI is InChI=1S/C12H24N2O3/c1-10(13-8-12(2,3)9-15)11(16)14-4-6-17-7-5-14/h10,13,15H,4-9H2,1-3H3. The Morgan fingerprint density at radius 2 is 2.06 bits per heavy atom. The van der Waals surface area contributed by atoms with Crippen molar-refractivity contribution in [1.29, 1.82) is 0 Å². The molecule has 1 amide bonds. The zero-order valence-corrected chi connectivity index (χ0v) is 11.0. The zero-order valence-electron chi connectivity index (χ0n) is 11.0. The molecular formula is C12H24N2O3. The molecule has 1 rings (SSSR count). The average Bonchev–Trinajstić information content (AvgIpc) is 2.36. The summed E-state index contributed by atoms with van der Waals surface area (Å²) in [6.07, 6.45) is 0. The summed E-state index contributed by atoms with van der Waals surface area (Å²) in [7, 11) is 0. The zero-order chi connectivity index (χ0) is 12.9. The van der Waals surface area contributed by atoms with Gasteiger partial charge in [0.05, 0.1) is 19.3 Å². The molecule has 0 radical (unpaired) electrons. The number of ether oxygens (including phenoxy) is 1. The number of nitrogens with one attached hydrogen (secondary N) is 1. The Morgan fingerprint density at radius 3 is 2.59 bits per heavy atom. The number of amides is 1. The van der Waals surface area contributed by atoms with Gasteiger partial charge < -0.3 is 20.1 Å². The number of nitrogens with zero attached hydrogens (tertiary/aromatic N) is 1. The molecule has 2 N–H and O–H groups in total. The molecule has 0 spiro atoms. The molecule has 5 nitrogen and oxygen atoms in total. The molecule has 1 atom stereocenters. The van der Waals surface area contributed by atoms with Crippen LogP contribution in [-0.2, 0) is 9.53 Å². The lowest BCUT2D eigenvalue weighted by Gasteiger charge is -2.31. The summed E-state index contributed by atoms with van der Waals surface area (Å²) in [5.41, 5.74) is -0.195. The largest absolute Gasteiger partial charge is 0.396 e. The quantitative estimate of drug-likeness (QED) is 0.705. The van der Waals surface area contributed by atoms with Gasteiger partial charge in [-0.15, -0.1) is 0 Å². The summed E-state index contributed by atoms with van der Waals surface area (Å²) in [5, 5.41) is 12.3. The van der Waals surface area contributed by atoms with Gasteiger partial charge >= 0.3 is 0 Å². The number of carbonyl (C=O) groups excluding carboxylic acids is 1. The van der Waals surface area contributed by atoms with E-state index in [2.05, 4.69) is 5.32 Å². The van der Waals surface area contributed by atoms with Gasteiger partial charge in [-0.1, -0.05) is 13.8 Å². The Kier molecular flexibility index (Phi) is 5.36. The molecular weight excluding hydrogens is 220 g/mol. The second-order valence-corrected chi connectivity index (χ2v) is 5.36. The molecule has 1 fully saturated rings. The summed E-state index contributed by atoms with van der Waals surface area (Å²) in [6, 6.07) is -0.209. The van der Waals surface area contributed by atoms with Crippen LogP contribution in [0.3, 0.4) is 0 Å². The van der Waals surface area contributed by atoms with E-state index in [4.69, 9.17) is 9.84 Å². The van der Waals surface area contributed by atoms with E-state index in [1.165, 1.54) is 0 Å². The fourth-order valence-corrected chi connectivity index (χ4v) is 1.63. The van der Waals surface area contributed by atoms with E-state index in [9.17, 15) is 4.79 Å². The van der Waals surface area contributed by atoms with E-state index < -0.39 is 0 Å². The second-order valence-electron chi connectivity index (χ2n) is 5.36. The van der Waals surface area contributed by atoms with Crippen molar-refractivity contribution in [2.75, 3.05) is 39.5 Å². The first-order valence-corrected chi connectivity index (χ1v) is 6.17. The molecule has 1 unspecified atom stereocenters. The Bertz CT molecular complexity index is 250. The van der Waals surface area contributed by atoms with E-state index in [0.29, 0.717) is 32.8 Å². The minimum atomic E-state index is -0.209. The van der Waals surface area contributed by atoms with Gasteiger partial charge in [-0.3, -0.25) is 4.79 Å². The molecule has 0 aromatic heterocycles. The first kappa shape index (κ1) is 14.4. The Balaban J connectivity index is 2.36. The highest BCUT2D eigenvalue weighted by Gasteiger charge is 2.24. The van der Waals surface area contributed by atoms with Crippen molar-refractivity contribution >= 4 is 5.91 Å². The Morgan fingerprint density at radius 1 is 1.47 bits per heavy atom. The number of aliphatic hydroxyl groups is 1. The number of carbonyl (C=O) groups is 1. The molecule has 1 aliphatic heterocycles. The summed E-state index contributed by atoms with van der Waals surface area (Å²) < 4.78 is 5.21. The number of hydrogen-bond acceptors (Lipinski definition) is 4. The lowest BCUT2D eigenvalue weighted by molar-refractivity contribution is -0.137. The number of hydrogen-bond donors (Lipinski definition) is 2. The summed E-state index contributed by atoms with van der Waals surface area (Å²) >= 11 is 0. The van der Waals surface area contributed by atoms with Crippen LogP contribution in [-0.4, -0.2) is 61.4 Å². The fraction of sp³-hybridized carbons (Fsp3) is 0.917. The Hall–Kier alpha value is -0.650. The SMILES string of the molecule is CC(NCC(C)(C)CO)C(=O)N1CCOCC1. The van der Waals surface area contributed by atoms with Crippen LogP contribution >= 0.6 is 0 Å². The first-order chi connectivity index (χ1) is 7.96. The van der Waals surface area contributed by atoms with Crippen LogP contribution in [0.25, 0.3) is 0 Å². The highest BCUT2D eigenvalue weighted by atomic mass is 16.5. The molecule has 1 aliphatic rings. The van der Waals surface area contributed by atoms with Crippen LogP contribution < -0.4 is 5.32 Å². The van der Waals surface area contributed by atoms with Crippen molar-refractivity contribution < 1.29 is 14.6 Å². The molecule has 0 bridgehead atoms. The first-order valence-electron chi connectivity index (χ1n) is 6.17. The predicted molar refractivity (Wildman–Crippen MR) is 65.7 cm³/mol. The molecule has 17 heavy (non-hydrogen) atoms. The molecule has 100 valence electrons. The van der Waals surface area contributed by atoms with Gasteiger partial charge in [0.2, 0.25) is 5.91 Å². The van der Waals surface area contributed by atoms with Gasteiger partial charge in [0.15, 0.2) is 0 Å². The van der Waals surface area contributed by atoms with Gasteiger partial charge in [0.25, 0.3) is 0 Å². The van der Waals surface area contributed by atoms with Crippen molar-refractivity contribution in [2.24, 2.45) is 5.41 Å². The molecule has 5 heteroatoms. The van der Waals surface area contributed by atoms with Gasteiger partial charge in [0, 0.05) is 31.7 Å². The van der Waals surface area contributed by atoms with Crippen molar-refractivity contribution in [3.05, 3.63) is 0 Å². The average molecular weight is 244 g/mol. The monoisotopic (exact) mass is 244 g/mol. The van der Waals surface area contributed by atoms with E-state index in [1.807, 2.05) is 25.7 Å². The van der Waals surface area contributed by atoms with Crippen LogP contribution in [0.5, 0.6) is 0 Å². The number of rotatable bonds is 5. The van der Waals surface area contributed by atoms with E-state index in [1.54, 1.807) is 0 Å². The molecule has 0 saturated carbocycles. The molecule has 1 saturated heterocycles. The van der Waals surface area contributed by atoms with Gasteiger partial charge in [0.1, 0.15) is 0 Å². The maximum Gasteiger partial charge on any atom is 0.239 e. The highest BCUT2D eigenvalue weighted by Crippen LogP contribution is 2.12. The number of morpholine rings is 1. The van der Waals surface area contributed by atoms with E-state index in [-0.39, 0.29) is 24.0 Å². The molecule has 1 heterocycles. The molecule has 0 aliphatic carbocycles. The minimum absolute atomic E-state index is 0.110. The summed E-state index contributed by atoms with van der Waals surface area (Å²) in [4.78, 5) is 13.9. The third-order valence-electron chi connectivity index (χ3n) is 3.01. The predicted octanol–water partition coefficient (Wildman–Crippen LogP) is -0.158. The van der Waals surface area contributed by atoms with Crippen LogP contribution in [0, 0.1) is 5.41 Å². The van der Waals surface area contributed by atoms with E-state index in [0.717, 1.165) is 0 Å². The minimum Gasteiger partial charge on any atom is -0.396 e. The van der Waals surface area contributed by atoms with Gasteiger partial charge in [-0.05, 0) is 6.92 Å². The second kappa shape index (κ2) is 6.33. The number of aliphatic hydroxyl groups excluding tert-OH is 1. The third kappa shape index (κ3) is 4.61. The maximum absolute atomic E-state index is 12.0. The van der Waals surface area contributed by atoms with Crippen molar-refractivity contribution in [3.63, 3.8) is 0 Å². The Labute approximate surface area is 103 Å².